The molecule has 130 valence electrons. The van der Waals surface area contributed by atoms with E-state index in [4.69, 9.17) is 4.42 Å². The molecule has 1 fully saturated rings. The maximum absolute atomic E-state index is 12.2. The van der Waals surface area contributed by atoms with E-state index in [1.54, 1.807) is 18.2 Å². The molecule has 0 unspecified atom stereocenters. The topological polar surface area (TPSA) is 78.6 Å². The van der Waals surface area contributed by atoms with Crippen molar-refractivity contribution in [2.75, 3.05) is 13.6 Å². The summed E-state index contributed by atoms with van der Waals surface area (Å²) in [6.07, 6.45) is 5.36. The molecular formula is C17H23N3O3S. The van der Waals surface area contributed by atoms with Crippen LogP contribution in [0.3, 0.4) is 0 Å². The van der Waals surface area contributed by atoms with Crippen LogP contribution >= 0.6 is 11.3 Å². The Bertz CT molecular complexity index is 656. The molecule has 2 aromatic rings. The predicted molar refractivity (Wildman–Crippen MR) is 92.6 cm³/mol. The average Bonchev–Trinajstić information content (AvgIpc) is 3.25. The molecule has 2 atom stereocenters. The molecule has 0 radical (unpaired) electrons. The maximum Gasteiger partial charge on any atom is 0.317 e. The predicted octanol–water partition coefficient (Wildman–Crippen LogP) is 3.10. The number of carbonyl (C=O) groups is 1. The summed E-state index contributed by atoms with van der Waals surface area (Å²) in [7, 11) is 1.77. The molecule has 3 rings (SSSR count). The van der Waals surface area contributed by atoms with Gasteiger partial charge in [0.1, 0.15) is 0 Å². The summed E-state index contributed by atoms with van der Waals surface area (Å²) in [6, 6.07) is 3.55. The summed E-state index contributed by atoms with van der Waals surface area (Å²) in [5.74, 6) is 0.917. The number of nitrogens with one attached hydrogen (secondary N) is 1. The summed E-state index contributed by atoms with van der Waals surface area (Å²) >= 11 is 1.49. The average molecular weight is 349 g/mol. The molecule has 24 heavy (non-hydrogen) atoms. The third-order valence-electron chi connectivity index (χ3n) is 4.43. The maximum atomic E-state index is 12.2. The van der Waals surface area contributed by atoms with Gasteiger partial charge in [0.05, 0.1) is 24.6 Å². The second-order valence-corrected chi connectivity index (χ2v) is 7.13. The molecule has 2 aromatic heterocycles. The Labute approximate surface area is 145 Å². The third kappa shape index (κ3) is 4.15. The number of urea groups is 1. The minimum Gasteiger partial charge on any atom is -0.462 e. The van der Waals surface area contributed by atoms with Crippen LogP contribution in [-0.2, 0) is 6.54 Å². The number of rotatable bonds is 5. The Morgan fingerprint density at radius 2 is 2.33 bits per heavy atom. The number of aliphatic hydroxyl groups excluding tert-OH is 1. The van der Waals surface area contributed by atoms with Crippen LogP contribution in [0.25, 0.3) is 10.8 Å². The second-order valence-electron chi connectivity index (χ2n) is 6.27. The first kappa shape index (κ1) is 17.0. The Morgan fingerprint density at radius 3 is 3.08 bits per heavy atom. The van der Waals surface area contributed by atoms with Gasteiger partial charge in [0, 0.05) is 24.9 Å². The smallest absolute Gasteiger partial charge is 0.317 e. The molecule has 0 aromatic carbocycles. The molecule has 0 spiro atoms. The minimum absolute atomic E-state index is 0.139. The van der Waals surface area contributed by atoms with Crippen LogP contribution in [0.1, 0.15) is 31.4 Å². The van der Waals surface area contributed by atoms with Crippen molar-refractivity contribution in [2.24, 2.45) is 5.92 Å². The van der Waals surface area contributed by atoms with E-state index < -0.39 is 0 Å². The van der Waals surface area contributed by atoms with E-state index in [2.05, 4.69) is 10.3 Å². The van der Waals surface area contributed by atoms with Gasteiger partial charge in [0.15, 0.2) is 10.8 Å². The summed E-state index contributed by atoms with van der Waals surface area (Å²) in [5.41, 5.74) is 0.811. The van der Waals surface area contributed by atoms with Crippen LogP contribution in [0.5, 0.6) is 0 Å². The summed E-state index contributed by atoms with van der Waals surface area (Å²) in [4.78, 5) is 18.3. The molecule has 2 amide bonds. The highest BCUT2D eigenvalue weighted by molar-refractivity contribution is 7.13. The van der Waals surface area contributed by atoms with Crippen LogP contribution in [0.15, 0.2) is 28.2 Å². The van der Waals surface area contributed by atoms with E-state index in [1.807, 2.05) is 17.5 Å². The summed E-state index contributed by atoms with van der Waals surface area (Å²) in [6.45, 7) is 0.968. The van der Waals surface area contributed by atoms with Crippen molar-refractivity contribution < 1.29 is 14.3 Å². The Balaban J connectivity index is 1.48. The summed E-state index contributed by atoms with van der Waals surface area (Å²) < 4.78 is 5.32. The Hall–Kier alpha value is -1.86. The van der Waals surface area contributed by atoms with E-state index in [0.717, 1.165) is 42.1 Å². The van der Waals surface area contributed by atoms with Gasteiger partial charge in [0.25, 0.3) is 0 Å². The number of aromatic nitrogens is 1. The van der Waals surface area contributed by atoms with Crippen molar-refractivity contribution in [3.63, 3.8) is 0 Å². The standard InChI is InChI=1S/C17H23N3O3S/c1-20(10-12-5-2-3-6-14(12)21)17(22)18-9-13-11-24-16(19-13)15-7-4-8-23-15/h4,7-8,11-12,14,21H,2-3,5-6,9-10H2,1H3,(H,18,22)/t12-,14+/m1/s1. The van der Waals surface area contributed by atoms with Gasteiger partial charge in [-0.05, 0) is 25.0 Å². The van der Waals surface area contributed by atoms with Crippen molar-refractivity contribution >= 4 is 17.4 Å². The third-order valence-corrected chi connectivity index (χ3v) is 5.33. The highest BCUT2D eigenvalue weighted by Crippen LogP contribution is 2.25. The number of carbonyl (C=O) groups excluding carboxylic acids is 1. The number of nitrogens with zero attached hydrogens (tertiary/aromatic N) is 2. The lowest BCUT2D eigenvalue weighted by Crippen LogP contribution is -2.42. The molecule has 2 heterocycles. The largest absolute Gasteiger partial charge is 0.462 e. The van der Waals surface area contributed by atoms with Crippen LogP contribution in [-0.4, -0.2) is 40.7 Å². The van der Waals surface area contributed by atoms with Crippen LogP contribution < -0.4 is 5.32 Å². The van der Waals surface area contributed by atoms with E-state index in [0.29, 0.717) is 13.1 Å². The van der Waals surface area contributed by atoms with E-state index in [1.165, 1.54) is 11.3 Å². The van der Waals surface area contributed by atoms with Crippen LogP contribution in [0, 0.1) is 5.92 Å². The molecule has 7 heteroatoms. The van der Waals surface area contributed by atoms with Crippen molar-refractivity contribution in [3.8, 4) is 10.8 Å². The zero-order chi connectivity index (χ0) is 16.9. The monoisotopic (exact) mass is 349 g/mol. The lowest BCUT2D eigenvalue weighted by Gasteiger charge is -2.31. The van der Waals surface area contributed by atoms with Crippen molar-refractivity contribution in [2.45, 2.75) is 38.3 Å². The van der Waals surface area contributed by atoms with Gasteiger partial charge >= 0.3 is 6.03 Å². The quantitative estimate of drug-likeness (QED) is 0.869. The van der Waals surface area contributed by atoms with Gasteiger partial charge < -0.3 is 19.7 Å². The number of amides is 2. The molecule has 0 aliphatic heterocycles. The Morgan fingerprint density at radius 1 is 1.50 bits per heavy atom. The molecule has 6 nitrogen and oxygen atoms in total. The zero-order valence-electron chi connectivity index (χ0n) is 13.8. The van der Waals surface area contributed by atoms with Gasteiger partial charge in [-0.1, -0.05) is 12.8 Å². The van der Waals surface area contributed by atoms with Crippen molar-refractivity contribution in [1.29, 1.82) is 0 Å². The molecule has 0 bridgehead atoms. The van der Waals surface area contributed by atoms with Crippen LogP contribution in [0.2, 0.25) is 0 Å². The number of thiazole rings is 1. The number of hydrogen-bond donors (Lipinski definition) is 2. The van der Waals surface area contributed by atoms with Gasteiger partial charge in [-0.15, -0.1) is 11.3 Å². The second kappa shape index (κ2) is 7.81. The number of furan rings is 1. The first-order valence-corrected chi connectivity index (χ1v) is 9.17. The number of aliphatic hydroxyl groups is 1. The lowest BCUT2D eigenvalue weighted by molar-refractivity contribution is 0.0565. The highest BCUT2D eigenvalue weighted by atomic mass is 32.1. The van der Waals surface area contributed by atoms with E-state index in [-0.39, 0.29) is 18.1 Å². The normalized spacial score (nSPS) is 20.8. The lowest BCUT2D eigenvalue weighted by atomic mass is 9.86. The van der Waals surface area contributed by atoms with Crippen LogP contribution in [0.4, 0.5) is 4.79 Å². The Kier molecular flexibility index (Phi) is 5.52. The van der Waals surface area contributed by atoms with Crippen molar-refractivity contribution in [1.82, 2.24) is 15.2 Å². The first-order valence-electron chi connectivity index (χ1n) is 8.29. The molecular weight excluding hydrogens is 326 g/mol. The number of hydrogen-bond acceptors (Lipinski definition) is 5. The van der Waals surface area contributed by atoms with E-state index >= 15 is 0 Å². The van der Waals surface area contributed by atoms with Gasteiger partial charge in [-0.2, -0.15) is 0 Å². The van der Waals surface area contributed by atoms with Crippen molar-refractivity contribution in [3.05, 3.63) is 29.5 Å². The molecule has 1 aliphatic carbocycles. The molecule has 1 saturated carbocycles. The van der Waals surface area contributed by atoms with Gasteiger partial charge in [-0.3, -0.25) is 0 Å². The SMILES string of the molecule is CN(C[C@H]1CCCC[C@@H]1O)C(=O)NCc1csc(-c2ccco2)n1. The summed E-state index contributed by atoms with van der Waals surface area (Å²) in [5, 5.41) is 15.6. The fourth-order valence-electron chi connectivity index (χ4n) is 3.04. The molecule has 2 N–H and O–H groups in total. The zero-order valence-corrected chi connectivity index (χ0v) is 14.6. The minimum atomic E-state index is -0.289. The van der Waals surface area contributed by atoms with Gasteiger partial charge in [-0.25, -0.2) is 9.78 Å². The molecule has 1 aliphatic rings. The highest BCUT2D eigenvalue weighted by Gasteiger charge is 2.25. The fraction of sp³-hybridized carbons (Fsp3) is 0.529. The first-order chi connectivity index (χ1) is 11.6. The fourth-order valence-corrected chi connectivity index (χ4v) is 3.82. The van der Waals surface area contributed by atoms with Gasteiger partial charge in [0.2, 0.25) is 0 Å². The van der Waals surface area contributed by atoms with E-state index in [9.17, 15) is 9.90 Å². The molecule has 0 saturated heterocycles.